The Morgan fingerprint density at radius 3 is 2.52 bits per heavy atom. The minimum Gasteiger partial charge on any atom is -0.373 e. The van der Waals surface area contributed by atoms with E-state index in [4.69, 9.17) is 0 Å². The first kappa shape index (κ1) is 14.7. The van der Waals surface area contributed by atoms with Gasteiger partial charge in [0, 0.05) is 13.6 Å². The molecule has 0 aliphatic carbocycles. The first-order valence-corrected chi connectivity index (χ1v) is 6.41. The van der Waals surface area contributed by atoms with Gasteiger partial charge in [-0.3, -0.25) is 10.1 Å². The van der Waals surface area contributed by atoms with Gasteiger partial charge in [0.2, 0.25) is 0 Å². The molecule has 0 aliphatic rings. The highest BCUT2D eigenvalue weighted by Gasteiger charge is 2.10. The monoisotopic (exact) mass is 290 g/mol. The maximum Gasteiger partial charge on any atom is 0.276 e. The van der Waals surface area contributed by atoms with Gasteiger partial charge in [0.1, 0.15) is 17.5 Å². The van der Waals surface area contributed by atoms with Gasteiger partial charge in [0.15, 0.2) is 0 Å². The van der Waals surface area contributed by atoms with E-state index in [2.05, 4.69) is 15.6 Å². The minimum absolute atomic E-state index is 0.0290. The summed E-state index contributed by atoms with van der Waals surface area (Å²) in [5.41, 5.74) is 0.946. The first-order chi connectivity index (χ1) is 10.1. The molecule has 1 aromatic heterocycles. The molecule has 2 aromatic rings. The third-order valence-electron chi connectivity index (χ3n) is 2.91. The van der Waals surface area contributed by atoms with Crippen molar-refractivity contribution in [3.05, 3.63) is 57.9 Å². The number of anilines is 2. The third-order valence-corrected chi connectivity index (χ3v) is 2.91. The fourth-order valence-corrected chi connectivity index (χ4v) is 1.83. The van der Waals surface area contributed by atoms with E-state index >= 15 is 0 Å². The van der Waals surface area contributed by atoms with Crippen molar-refractivity contribution >= 4 is 17.3 Å². The molecule has 0 spiro atoms. The molecular weight excluding hydrogens is 275 g/mol. The lowest BCUT2D eigenvalue weighted by Gasteiger charge is -2.08. The second-order valence-electron chi connectivity index (χ2n) is 4.41. The Labute approximate surface area is 121 Å². The van der Waals surface area contributed by atoms with Crippen molar-refractivity contribution in [3.63, 3.8) is 0 Å². The molecular formula is C14H15FN4O2. The zero-order chi connectivity index (χ0) is 15.2. The molecule has 110 valence electrons. The molecule has 0 atom stereocenters. The van der Waals surface area contributed by atoms with Crippen molar-refractivity contribution in [1.82, 2.24) is 4.98 Å². The molecule has 1 aromatic carbocycles. The molecule has 0 fully saturated rings. The summed E-state index contributed by atoms with van der Waals surface area (Å²) >= 11 is 0. The number of aromatic nitrogens is 1. The van der Waals surface area contributed by atoms with Crippen LogP contribution in [0.3, 0.4) is 0 Å². The molecule has 6 nitrogen and oxygen atoms in total. The highest BCUT2D eigenvalue weighted by molar-refractivity contribution is 5.54. The first-order valence-electron chi connectivity index (χ1n) is 6.41. The normalized spacial score (nSPS) is 10.2. The van der Waals surface area contributed by atoms with E-state index in [1.165, 1.54) is 24.3 Å². The van der Waals surface area contributed by atoms with E-state index < -0.39 is 4.92 Å². The Morgan fingerprint density at radius 2 is 1.90 bits per heavy atom. The van der Waals surface area contributed by atoms with E-state index in [-0.39, 0.29) is 11.5 Å². The number of nitrogens with zero attached hydrogens (tertiary/aromatic N) is 2. The van der Waals surface area contributed by atoms with Crippen LogP contribution in [0, 0.1) is 15.9 Å². The predicted molar refractivity (Wildman–Crippen MR) is 79.0 cm³/mol. The SMILES string of the molecule is CNc1cc([N+](=O)[O-])cc(NCCc2ccc(F)cc2)n1. The number of nitrogens with one attached hydrogen (secondary N) is 2. The van der Waals surface area contributed by atoms with Crippen molar-refractivity contribution in [1.29, 1.82) is 0 Å². The van der Waals surface area contributed by atoms with Crippen molar-refractivity contribution in [2.24, 2.45) is 0 Å². The second-order valence-corrected chi connectivity index (χ2v) is 4.41. The van der Waals surface area contributed by atoms with Crippen LogP contribution in [0.15, 0.2) is 36.4 Å². The maximum absolute atomic E-state index is 12.8. The van der Waals surface area contributed by atoms with Crippen molar-refractivity contribution < 1.29 is 9.31 Å². The fourth-order valence-electron chi connectivity index (χ4n) is 1.83. The average molecular weight is 290 g/mol. The number of nitro groups is 1. The summed E-state index contributed by atoms with van der Waals surface area (Å²) in [6.45, 7) is 0.545. The van der Waals surface area contributed by atoms with Gasteiger partial charge < -0.3 is 10.6 Å². The highest BCUT2D eigenvalue weighted by atomic mass is 19.1. The quantitative estimate of drug-likeness (QED) is 0.631. The zero-order valence-corrected chi connectivity index (χ0v) is 11.5. The van der Waals surface area contributed by atoms with Crippen LogP contribution in [0.5, 0.6) is 0 Å². The maximum atomic E-state index is 12.8. The summed E-state index contributed by atoms with van der Waals surface area (Å²) in [5, 5.41) is 16.6. The van der Waals surface area contributed by atoms with E-state index in [9.17, 15) is 14.5 Å². The van der Waals surface area contributed by atoms with Gasteiger partial charge in [-0.15, -0.1) is 0 Å². The van der Waals surface area contributed by atoms with Crippen molar-refractivity contribution in [3.8, 4) is 0 Å². The molecule has 0 radical (unpaired) electrons. The van der Waals surface area contributed by atoms with Crippen molar-refractivity contribution in [2.45, 2.75) is 6.42 Å². The summed E-state index contributed by atoms with van der Waals surface area (Å²) in [4.78, 5) is 14.6. The van der Waals surface area contributed by atoms with E-state index in [1.54, 1.807) is 19.2 Å². The molecule has 0 aliphatic heterocycles. The molecule has 2 N–H and O–H groups in total. The standard InChI is InChI=1S/C14H15FN4O2/c1-16-13-8-12(19(20)21)9-14(18-13)17-7-6-10-2-4-11(15)5-3-10/h2-5,8-9H,6-7H2,1H3,(H2,16,17,18). The van der Waals surface area contributed by atoms with Crippen LogP contribution >= 0.6 is 0 Å². The summed E-state index contributed by atoms with van der Waals surface area (Å²) in [6.07, 6.45) is 0.666. The Balaban J connectivity index is 2.00. The largest absolute Gasteiger partial charge is 0.373 e. The van der Waals surface area contributed by atoms with E-state index in [0.717, 1.165) is 5.56 Å². The molecule has 0 amide bonds. The van der Waals surface area contributed by atoms with E-state index in [1.807, 2.05) is 0 Å². The average Bonchev–Trinajstić information content (AvgIpc) is 2.49. The van der Waals surface area contributed by atoms with Gasteiger partial charge in [-0.1, -0.05) is 12.1 Å². The number of halogens is 1. The lowest BCUT2D eigenvalue weighted by atomic mass is 10.1. The van der Waals surface area contributed by atoms with Crippen LogP contribution in [-0.2, 0) is 6.42 Å². The summed E-state index contributed by atoms with van der Waals surface area (Å²) in [7, 11) is 1.65. The third kappa shape index (κ3) is 4.13. The Hall–Kier alpha value is -2.70. The van der Waals surface area contributed by atoms with Gasteiger partial charge >= 0.3 is 0 Å². The molecule has 0 saturated heterocycles. The molecule has 21 heavy (non-hydrogen) atoms. The smallest absolute Gasteiger partial charge is 0.276 e. The van der Waals surface area contributed by atoms with Crippen LogP contribution < -0.4 is 10.6 Å². The fraction of sp³-hybridized carbons (Fsp3) is 0.214. The number of benzene rings is 1. The van der Waals surface area contributed by atoms with Gasteiger partial charge in [-0.25, -0.2) is 9.37 Å². The predicted octanol–water partition coefficient (Wildman–Crippen LogP) is 2.83. The zero-order valence-electron chi connectivity index (χ0n) is 11.5. The van der Waals surface area contributed by atoms with Crippen LogP contribution in [0.4, 0.5) is 21.7 Å². The number of rotatable bonds is 6. The molecule has 2 rings (SSSR count). The Morgan fingerprint density at radius 1 is 1.24 bits per heavy atom. The molecule has 1 heterocycles. The molecule has 0 saturated carbocycles. The molecule has 7 heteroatoms. The van der Waals surface area contributed by atoms with Gasteiger partial charge in [0.05, 0.1) is 17.1 Å². The molecule has 0 bridgehead atoms. The van der Waals surface area contributed by atoms with Gasteiger partial charge in [0.25, 0.3) is 5.69 Å². The van der Waals surface area contributed by atoms with E-state index in [0.29, 0.717) is 24.6 Å². The number of hydrogen-bond acceptors (Lipinski definition) is 5. The van der Waals surface area contributed by atoms with Gasteiger partial charge in [-0.05, 0) is 24.1 Å². The van der Waals surface area contributed by atoms with Crippen LogP contribution in [0.25, 0.3) is 0 Å². The van der Waals surface area contributed by atoms with Crippen LogP contribution in [0.1, 0.15) is 5.56 Å². The summed E-state index contributed by atoms with van der Waals surface area (Å²) in [6, 6.07) is 8.96. The number of hydrogen-bond donors (Lipinski definition) is 2. The summed E-state index contributed by atoms with van der Waals surface area (Å²) in [5.74, 6) is 0.579. The summed E-state index contributed by atoms with van der Waals surface area (Å²) < 4.78 is 12.8. The second kappa shape index (κ2) is 6.65. The van der Waals surface area contributed by atoms with Crippen LogP contribution in [-0.4, -0.2) is 23.5 Å². The highest BCUT2D eigenvalue weighted by Crippen LogP contribution is 2.20. The Kier molecular flexibility index (Phi) is 4.65. The lowest BCUT2D eigenvalue weighted by molar-refractivity contribution is -0.384. The molecule has 0 unspecified atom stereocenters. The number of pyridine rings is 1. The van der Waals surface area contributed by atoms with Gasteiger partial charge in [-0.2, -0.15) is 0 Å². The minimum atomic E-state index is -0.465. The Bertz CT molecular complexity index is 631. The van der Waals surface area contributed by atoms with Crippen LogP contribution in [0.2, 0.25) is 0 Å². The lowest BCUT2D eigenvalue weighted by Crippen LogP contribution is -2.08. The topological polar surface area (TPSA) is 80.1 Å². The van der Waals surface area contributed by atoms with Crippen molar-refractivity contribution in [2.75, 3.05) is 24.2 Å².